The smallest absolute Gasteiger partial charge is 0.236 e. The van der Waals surface area contributed by atoms with E-state index in [0.717, 1.165) is 0 Å². The molecule has 0 saturated carbocycles. The number of rotatable bonds is 4. The van der Waals surface area contributed by atoms with Crippen molar-refractivity contribution in [2.24, 2.45) is 5.73 Å². The average molecular weight is 225 g/mol. The Morgan fingerprint density at radius 3 is 2.69 bits per heavy atom. The third-order valence-electron chi connectivity index (χ3n) is 2.06. The molecule has 3 N–H and O–H groups in total. The SMILES string of the molecule is CN(C)NC(=O)CC(N)c1ccccc1F. The number of halogens is 1. The summed E-state index contributed by atoms with van der Waals surface area (Å²) < 4.78 is 13.3. The molecule has 0 spiro atoms. The Morgan fingerprint density at radius 1 is 1.50 bits per heavy atom. The number of carbonyl (C=O) groups is 1. The molecule has 1 amide bonds. The number of nitrogens with one attached hydrogen (secondary N) is 1. The van der Waals surface area contributed by atoms with Crippen molar-refractivity contribution in [3.05, 3.63) is 35.6 Å². The predicted octanol–water partition coefficient (Wildman–Crippen LogP) is 0.808. The number of hydrazine groups is 1. The molecule has 1 aromatic carbocycles. The van der Waals surface area contributed by atoms with Gasteiger partial charge in [0.1, 0.15) is 5.82 Å². The van der Waals surface area contributed by atoms with E-state index >= 15 is 0 Å². The van der Waals surface area contributed by atoms with E-state index in [9.17, 15) is 9.18 Å². The van der Waals surface area contributed by atoms with Gasteiger partial charge in [0.2, 0.25) is 5.91 Å². The van der Waals surface area contributed by atoms with Gasteiger partial charge in [0.15, 0.2) is 0 Å². The number of nitrogens with zero attached hydrogens (tertiary/aromatic N) is 1. The maximum atomic E-state index is 13.3. The summed E-state index contributed by atoms with van der Waals surface area (Å²) in [5, 5.41) is 1.52. The van der Waals surface area contributed by atoms with Crippen molar-refractivity contribution in [2.75, 3.05) is 14.1 Å². The molecule has 1 aromatic rings. The first kappa shape index (κ1) is 12.6. The Bertz CT molecular complexity index is 368. The topological polar surface area (TPSA) is 58.4 Å². The van der Waals surface area contributed by atoms with Gasteiger partial charge in [-0.2, -0.15) is 0 Å². The molecule has 1 rings (SSSR count). The summed E-state index contributed by atoms with van der Waals surface area (Å²) >= 11 is 0. The van der Waals surface area contributed by atoms with Crippen LogP contribution in [0.2, 0.25) is 0 Å². The van der Waals surface area contributed by atoms with Crippen LogP contribution in [-0.2, 0) is 4.79 Å². The van der Waals surface area contributed by atoms with Gasteiger partial charge in [-0.3, -0.25) is 10.2 Å². The number of hydrogen-bond acceptors (Lipinski definition) is 3. The van der Waals surface area contributed by atoms with Gasteiger partial charge < -0.3 is 5.73 Å². The first-order valence-electron chi connectivity index (χ1n) is 4.97. The third-order valence-corrected chi connectivity index (χ3v) is 2.06. The first-order chi connectivity index (χ1) is 7.50. The molecule has 88 valence electrons. The van der Waals surface area contributed by atoms with E-state index in [4.69, 9.17) is 5.73 Å². The summed E-state index contributed by atoms with van der Waals surface area (Å²) in [6.45, 7) is 0. The summed E-state index contributed by atoms with van der Waals surface area (Å²) in [5.74, 6) is -0.617. The number of carbonyl (C=O) groups excluding carboxylic acids is 1. The highest BCUT2D eigenvalue weighted by Crippen LogP contribution is 2.17. The van der Waals surface area contributed by atoms with Gasteiger partial charge >= 0.3 is 0 Å². The van der Waals surface area contributed by atoms with E-state index in [-0.39, 0.29) is 18.1 Å². The number of amides is 1. The molecular weight excluding hydrogens is 209 g/mol. The second-order valence-corrected chi connectivity index (χ2v) is 3.76. The lowest BCUT2D eigenvalue weighted by Crippen LogP contribution is -2.37. The fourth-order valence-corrected chi connectivity index (χ4v) is 1.38. The fraction of sp³-hybridized carbons (Fsp3) is 0.364. The van der Waals surface area contributed by atoms with E-state index < -0.39 is 6.04 Å². The van der Waals surface area contributed by atoms with E-state index in [0.29, 0.717) is 5.56 Å². The van der Waals surface area contributed by atoms with Gasteiger partial charge in [-0.25, -0.2) is 9.40 Å². The van der Waals surface area contributed by atoms with Gasteiger partial charge in [-0.15, -0.1) is 0 Å². The van der Waals surface area contributed by atoms with Crippen molar-refractivity contribution in [1.29, 1.82) is 0 Å². The number of hydrogen-bond donors (Lipinski definition) is 2. The lowest BCUT2D eigenvalue weighted by molar-refractivity contribution is -0.125. The molecule has 0 aliphatic carbocycles. The minimum Gasteiger partial charge on any atom is -0.323 e. The molecule has 5 heteroatoms. The monoisotopic (exact) mass is 225 g/mol. The van der Waals surface area contributed by atoms with Crippen LogP contribution in [0.3, 0.4) is 0 Å². The molecule has 0 saturated heterocycles. The molecule has 0 fully saturated rings. The first-order valence-corrected chi connectivity index (χ1v) is 4.97. The summed E-state index contributed by atoms with van der Waals surface area (Å²) in [6, 6.07) is 5.58. The van der Waals surface area contributed by atoms with Gasteiger partial charge in [-0.05, 0) is 6.07 Å². The molecule has 16 heavy (non-hydrogen) atoms. The van der Waals surface area contributed by atoms with Gasteiger partial charge in [-0.1, -0.05) is 18.2 Å². The Kier molecular flexibility index (Phi) is 4.39. The molecule has 0 bridgehead atoms. The third kappa shape index (κ3) is 3.60. The molecule has 0 aliphatic rings. The van der Waals surface area contributed by atoms with Crippen LogP contribution >= 0.6 is 0 Å². The zero-order valence-corrected chi connectivity index (χ0v) is 9.40. The minimum atomic E-state index is -0.624. The van der Waals surface area contributed by atoms with Crippen LogP contribution < -0.4 is 11.2 Å². The van der Waals surface area contributed by atoms with Crippen LogP contribution in [0.15, 0.2) is 24.3 Å². The largest absolute Gasteiger partial charge is 0.323 e. The lowest BCUT2D eigenvalue weighted by atomic mass is 10.0. The van der Waals surface area contributed by atoms with Crippen molar-refractivity contribution >= 4 is 5.91 Å². The van der Waals surface area contributed by atoms with Crippen LogP contribution in [0.25, 0.3) is 0 Å². The van der Waals surface area contributed by atoms with Crippen LogP contribution in [0.5, 0.6) is 0 Å². The van der Waals surface area contributed by atoms with Crippen molar-refractivity contribution < 1.29 is 9.18 Å². The zero-order chi connectivity index (χ0) is 12.1. The maximum absolute atomic E-state index is 13.3. The Balaban J connectivity index is 2.62. The van der Waals surface area contributed by atoms with Crippen LogP contribution in [0.4, 0.5) is 4.39 Å². The molecule has 0 radical (unpaired) electrons. The van der Waals surface area contributed by atoms with Crippen molar-refractivity contribution in [3.63, 3.8) is 0 Å². The predicted molar refractivity (Wildman–Crippen MR) is 59.8 cm³/mol. The normalized spacial score (nSPS) is 12.6. The molecule has 0 aromatic heterocycles. The summed E-state index contributed by atoms with van der Waals surface area (Å²) in [6.07, 6.45) is 0.0547. The van der Waals surface area contributed by atoms with Crippen molar-refractivity contribution in [3.8, 4) is 0 Å². The molecular formula is C11H16FN3O. The Morgan fingerprint density at radius 2 is 2.12 bits per heavy atom. The van der Waals surface area contributed by atoms with Crippen LogP contribution in [0, 0.1) is 5.82 Å². The Hall–Kier alpha value is -1.46. The molecule has 0 heterocycles. The highest BCUT2D eigenvalue weighted by molar-refractivity contribution is 5.76. The quantitative estimate of drug-likeness (QED) is 0.745. The van der Waals surface area contributed by atoms with Gasteiger partial charge in [0.05, 0.1) is 0 Å². The van der Waals surface area contributed by atoms with Gasteiger partial charge in [0, 0.05) is 32.1 Å². The molecule has 4 nitrogen and oxygen atoms in total. The number of benzene rings is 1. The van der Waals surface area contributed by atoms with Crippen LogP contribution in [0.1, 0.15) is 18.0 Å². The van der Waals surface area contributed by atoms with E-state index in [2.05, 4.69) is 5.43 Å². The molecule has 1 atom stereocenters. The van der Waals surface area contributed by atoms with Gasteiger partial charge in [0.25, 0.3) is 0 Å². The second kappa shape index (κ2) is 5.58. The van der Waals surface area contributed by atoms with E-state index in [1.807, 2.05) is 0 Å². The molecule has 1 unspecified atom stereocenters. The molecule has 0 aliphatic heterocycles. The maximum Gasteiger partial charge on any atom is 0.236 e. The highest BCUT2D eigenvalue weighted by Gasteiger charge is 2.14. The van der Waals surface area contributed by atoms with E-state index in [1.165, 1.54) is 11.1 Å². The lowest BCUT2D eigenvalue weighted by Gasteiger charge is -2.15. The zero-order valence-electron chi connectivity index (χ0n) is 9.40. The van der Waals surface area contributed by atoms with Crippen molar-refractivity contribution in [1.82, 2.24) is 10.4 Å². The summed E-state index contributed by atoms with van der Waals surface area (Å²) in [5.41, 5.74) is 8.67. The highest BCUT2D eigenvalue weighted by atomic mass is 19.1. The minimum absolute atomic E-state index is 0.0547. The average Bonchev–Trinajstić information content (AvgIpc) is 2.16. The van der Waals surface area contributed by atoms with Crippen molar-refractivity contribution in [2.45, 2.75) is 12.5 Å². The summed E-state index contributed by atoms with van der Waals surface area (Å²) in [7, 11) is 3.40. The Labute approximate surface area is 94.2 Å². The second-order valence-electron chi connectivity index (χ2n) is 3.76. The van der Waals surface area contributed by atoms with E-state index in [1.54, 1.807) is 32.3 Å². The standard InChI is InChI=1S/C11H16FN3O/c1-15(2)14-11(16)7-10(13)8-5-3-4-6-9(8)12/h3-6,10H,7,13H2,1-2H3,(H,14,16). The van der Waals surface area contributed by atoms with Crippen LogP contribution in [-0.4, -0.2) is 25.0 Å². The summed E-state index contributed by atoms with van der Waals surface area (Å²) in [4.78, 5) is 11.4. The number of nitrogens with two attached hydrogens (primary N) is 1. The fourth-order valence-electron chi connectivity index (χ4n) is 1.38.